The number of rotatable bonds is 11. The molecule has 222 valence electrons. The first kappa shape index (κ1) is 30.6. The summed E-state index contributed by atoms with van der Waals surface area (Å²) < 4.78 is 26.5. The van der Waals surface area contributed by atoms with E-state index in [4.69, 9.17) is 18.0 Å². The first-order chi connectivity index (χ1) is 18.8. The highest BCUT2D eigenvalue weighted by Crippen LogP contribution is 2.36. The van der Waals surface area contributed by atoms with E-state index in [0.29, 0.717) is 37.5 Å². The highest BCUT2D eigenvalue weighted by Gasteiger charge is 2.54. The molecule has 0 aliphatic carbocycles. The van der Waals surface area contributed by atoms with Crippen LogP contribution in [0.15, 0.2) is 30.5 Å². The first-order valence-corrected chi connectivity index (χ1v) is 16.3. The number of benzene rings is 1. The number of carbonyl (C=O) groups is 1. The summed E-state index contributed by atoms with van der Waals surface area (Å²) in [5, 5.41) is 12.0. The molecule has 0 saturated carbocycles. The van der Waals surface area contributed by atoms with E-state index in [1.54, 1.807) is 11.8 Å². The molecule has 1 aromatic heterocycles. The Kier molecular flexibility index (Phi) is 9.41. The lowest BCUT2D eigenvalue weighted by Gasteiger charge is -2.32. The number of hydrogen-bond donors (Lipinski definition) is 1. The van der Waals surface area contributed by atoms with E-state index in [0.717, 1.165) is 17.0 Å². The Balaban J connectivity index is 1.27. The van der Waals surface area contributed by atoms with Gasteiger partial charge in [0.05, 0.1) is 30.6 Å². The molecule has 4 atom stereocenters. The zero-order valence-corrected chi connectivity index (χ0v) is 26.5. The SMILES string of the molecule is CO[Si]1(CCn2cc(COc3ccc(C[C@@H]4N[C@H](C(C)(C)C)N(C)C4=O)cc3)nn2)OC(C(C)C)C(C(C)C)O1. The van der Waals surface area contributed by atoms with Crippen molar-refractivity contribution in [2.45, 2.75) is 98.5 Å². The van der Waals surface area contributed by atoms with Gasteiger partial charge in [-0.3, -0.25) is 14.8 Å². The van der Waals surface area contributed by atoms with Crippen LogP contribution in [0.1, 0.15) is 59.7 Å². The van der Waals surface area contributed by atoms with E-state index >= 15 is 0 Å². The number of nitrogens with zero attached hydrogens (tertiary/aromatic N) is 4. The smallest absolute Gasteiger partial charge is 0.487 e. The van der Waals surface area contributed by atoms with Crippen LogP contribution in [0.5, 0.6) is 5.75 Å². The van der Waals surface area contributed by atoms with Crippen molar-refractivity contribution in [2.75, 3.05) is 14.2 Å². The molecular weight excluding hydrogens is 526 g/mol. The van der Waals surface area contributed by atoms with Gasteiger partial charge in [0, 0.05) is 26.7 Å². The quantitative estimate of drug-likeness (QED) is 0.405. The highest BCUT2D eigenvalue weighted by atomic mass is 28.4. The van der Waals surface area contributed by atoms with Crippen molar-refractivity contribution in [3.05, 3.63) is 41.7 Å². The number of aryl methyl sites for hydroxylation is 1. The molecule has 3 heterocycles. The second kappa shape index (κ2) is 12.3. The molecule has 1 amide bonds. The number of amides is 1. The fourth-order valence-electron chi connectivity index (χ4n) is 5.53. The molecule has 2 fully saturated rings. The largest absolute Gasteiger partial charge is 0.503 e. The number of aromatic nitrogens is 3. The van der Waals surface area contributed by atoms with Crippen molar-refractivity contribution in [3.8, 4) is 5.75 Å². The summed E-state index contributed by atoms with van der Waals surface area (Å²) in [7, 11) is 0.762. The van der Waals surface area contributed by atoms with Crippen molar-refractivity contribution in [1.82, 2.24) is 25.2 Å². The van der Waals surface area contributed by atoms with Crippen LogP contribution >= 0.6 is 0 Å². The van der Waals surface area contributed by atoms with Crippen LogP contribution in [-0.4, -0.2) is 73.2 Å². The number of likely N-dealkylation sites (N-methyl/N-ethyl adjacent to an activating group) is 1. The summed E-state index contributed by atoms with van der Waals surface area (Å²) in [6, 6.07) is 8.30. The lowest BCUT2D eigenvalue weighted by Crippen LogP contribution is -2.45. The molecule has 2 saturated heterocycles. The number of hydrogen-bond acceptors (Lipinski definition) is 8. The number of ether oxygens (including phenoxy) is 1. The van der Waals surface area contributed by atoms with Gasteiger partial charge >= 0.3 is 8.80 Å². The van der Waals surface area contributed by atoms with Gasteiger partial charge in [-0.2, -0.15) is 0 Å². The monoisotopic (exact) mass is 573 g/mol. The molecule has 0 radical (unpaired) electrons. The van der Waals surface area contributed by atoms with Crippen molar-refractivity contribution in [2.24, 2.45) is 17.3 Å². The normalized spacial score (nSPS) is 27.4. The summed E-state index contributed by atoms with van der Waals surface area (Å²) in [6.45, 7) is 16.0. The van der Waals surface area contributed by atoms with Crippen LogP contribution in [-0.2, 0) is 37.6 Å². The predicted molar refractivity (Wildman–Crippen MR) is 154 cm³/mol. The maximum Gasteiger partial charge on any atom is 0.503 e. The van der Waals surface area contributed by atoms with Gasteiger partial charge in [0.25, 0.3) is 0 Å². The molecule has 2 aromatic rings. The third-order valence-electron chi connectivity index (χ3n) is 7.78. The molecule has 11 heteroatoms. The Hall–Kier alpha value is -2.31. The van der Waals surface area contributed by atoms with E-state index in [2.05, 4.69) is 64.1 Å². The fraction of sp³-hybridized carbons (Fsp3) is 0.690. The molecule has 2 unspecified atom stereocenters. The maximum absolute atomic E-state index is 12.7. The second-order valence-corrected chi connectivity index (χ2v) is 15.6. The van der Waals surface area contributed by atoms with Crippen molar-refractivity contribution < 1.29 is 22.8 Å². The zero-order valence-electron chi connectivity index (χ0n) is 25.5. The van der Waals surface area contributed by atoms with Gasteiger partial charge in [-0.15, -0.1) is 5.10 Å². The lowest BCUT2D eigenvalue weighted by atomic mass is 9.92. The molecule has 0 spiro atoms. The first-order valence-electron chi connectivity index (χ1n) is 14.4. The predicted octanol–water partition coefficient (Wildman–Crippen LogP) is 3.88. The average Bonchev–Trinajstić information content (AvgIpc) is 3.60. The Morgan fingerprint density at radius 3 is 2.23 bits per heavy atom. The molecule has 2 aliphatic heterocycles. The summed E-state index contributed by atoms with van der Waals surface area (Å²) in [5.41, 5.74) is 1.79. The van der Waals surface area contributed by atoms with Crippen molar-refractivity contribution in [1.29, 1.82) is 0 Å². The van der Waals surface area contributed by atoms with Gasteiger partial charge in [-0.25, -0.2) is 0 Å². The fourth-order valence-corrected chi connectivity index (χ4v) is 8.36. The topological polar surface area (TPSA) is 100.0 Å². The van der Waals surface area contributed by atoms with Crippen LogP contribution in [0.4, 0.5) is 0 Å². The molecular formula is C29H47N5O5Si. The van der Waals surface area contributed by atoms with E-state index in [-0.39, 0.29) is 35.7 Å². The van der Waals surface area contributed by atoms with Crippen LogP contribution in [0.3, 0.4) is 0 Å². The van der Waals surface area contributed by atoms with Gasteiger partial charge in [0.15, 0.2) is 0 Å². The van der Waals surface area contributed by atoms with Gasteiger partial charge in [-0.1, -0.05) is 65.8 Å². The summed E-state index contributed by atoms with van der Waals surface area (Å²) in [6.07, 6.45) is 2.62. The Bertz CT molecular complexity index is 1120. The van der Waals surface area contributed by atoms with Gasteiger partial charge in [-0.05, 0) is 41.4 Å². The Morgan fingerprint density at radius 2 is 1.70 bits per heavy atom. The molecule has 40 heavy (non-hydrogen) atoms. The summed E-state index contributed by atoms with van der Waals surface area (Å²) in [5.74, 6) is 1.58. The average molecular weight is 574 g/mol. The zero-order chi connectivity index (χ0) is 29.2. The third-order valence-corrected chi connectivity index (χ3v) is 10.5. The van der Waals surface area contributed by atoms with E-state index in [1.165, 1.54) is 0 Å². The minimum Gasteiger partial charge on any atom is -0.487 e. The van der Waals surface area contributed by atoms with E-state index in [9.17, 15) is 4.79 Å². The highest BCUT2D eigenvalue weighted by molar-refractivity contribution is 6.61. The standard InChI is InChI=1S/C29H47N5O5Si/c1-19(2)25-26(20(3)4)39-40(36-9,38-25)15-14-34-17-22(31-32-34)18-37-23-12-10-21(11-13-23)16-24-27(35)33(8)28(30-24)29(5,6)7/h10-13,17,19-20,24-26,28,30H,14-16,18H2,1-9H3/t24-,25?,26?,28-,40?/m0/s1. The summed E-state index contributed by atoms with van der Waals surface area (Å²) in [4.78, 5) is 14.6. The van der Waals surface area contributed by atoms with E-state index in [1.807, 2.05) is 42.4 Å². The Morgan fingerprint density at radius 1 is 1.07 bits per heavy atom. The number of carbonyl (C=O) groups excluding carboxylic acids is 1. The second-order valence-electron chi connectivity index (χ2n) is 12.8. The van der Waals surface area contributed by atoms with E-state index < -0.39 is 8.80 Å². The maximum atomic E-state index is 12.7. The molecule has 1 aromatic carbocycles. The van der Waals surface area contributed by atoms with Gasteiger partial charge < -0.3 is 22.9 Å². The molecule has 1 N–H and O–H groups in total. The third kappa shape index (κ3) is 6.93. The summed E-state index contributed by atoms with van der Waals surface area (Å²) >= 11 is 0. The van der Waals surface area contributed by atoms with Crippen LogP contribution < -0.4 is 10.1 Å². The molecule has 0 bridgehead atoms. The molecule has 2 aliphatic rings. The van der Waals surface area contributed by atoms with Gasteiger partial charge in [0.2, 0.25) is 5.91 Å². The van der Waals surface area contributed by atoms with Crippen LogP contribution in [0, 0.1) is 17.3 Å². The van der Waals surface area contributed by atoms with Crippen molar-refractivity contribution in [3.63, 3.8) is 0 Å². The van der Waals surface area contributed by atoms with Crippen LogP contribution in [0.25, 0.3) is 0 Å². The molecule has 4 rings (SSSR count). The number of nitrogens with one attached hydrogen (secondary N) is 1. The minimum atomic E-state index is -2.79. The minimum absolute atomic E-state index is 0.0236. The Labute approximate surface area is 240 Å². The molecule has 10 nitrogen and oxygen atoms in total. The van der Waals surface area contributed by atoms with Crippen LogP contribution in [0.2, 0.25) is 6.04 Å². The lowest BCUT2D eigenvalue weighted by molar-refractivity contribution is -0.129. The van der Waals surface area contributed by atoms with Crippen molar-refractivity contribution >= 4 is 14.7 Å². The van der Waals surface area contributed by atoms with Gasteiger partial charge in [0.1, 0.15) is 18.1 Å².